The molecule has 2 rings (SSSR count). The smallest absolute Gasteiger partial charge is 0.220 e. The van der Waals surface area contributed by atoms with E-state index in [1.165, 1.54) is 116 Å². The van der Waals surface area contributed by atoms with E-state index >= 15 is 0 Å². The maximum atomic E-state index is 13.0. The Balaban J connectivity index is 1.64. The largest absolute Gasteiger partial charge is 0.394 e. The molecule has 2 aliphatic rings. The number of aliphatic hydroxyl groups is 8. The second kappa shape index (κ2) is 33.5. The molecule has 0 aromatic rings. The van der Waals surface area contributed by atoms with Gasteiger partial charge < -0.3 is 65.1 Å². The first-order valence-corrected chi connectivity index (χ1v) is 23.8. The summed E-state index contributed by atoms with van der Waals surface area (Å²) >= 11 is 0. The molecule has 12 unspecified atom stereocenters. The van der Waals surface area contributed by atoms with Crippen molar-refractivity contribution in [2.24, 2.45) is 0 Å². The van der Waals surface area contributed by atoms with Gasteiger partial charge in [0.2, 0.25) is 5.91 Å². The summed E-state index contributed by atoms with van der Waals surface area (Å²) in [5.74, 6) is -0.215. The molecule has 0 bridgehead atoms. The van der Waals surface area contributed by atoms with E-state index in [4.69, 9.17) is 18.9 Å². The van der Waals surface area contributed by atoms with Crippen LogP contribution >= 0.6 is 0 Å². The standard InChI is InChI=1S/C45H87NO13/c1-3-5-7-8-9-10-11-12-13-14-15-16-17-18-19-20-21-22-23-24-25-27-29-37(50)46-33(34(49)28-26-6-4-2)32-56-44-42(55)40(53)43(36(31-48)58-44)59-45-41(54)39(52)38(51)35(30-47)57-45/h33-36,38-45,47-49,51-55H,3-32H2,1-2H3,(H,46,50). The third-order valence-corrected chi connectivity index (χ3v) is 12.1. The summed E-state index contributed by atoms with van der Waals surface area (Å²) in [6.07, 6.45) is 15.2. The predicted molar refractivity (Wildman–Crippen MR) is 226 cm³/mol. The molecule has 0 aliphatic carbocycles. The van der Waals surface area contributed by atoms with E-state index in [2.05, 4.69) is 19.2 Å². The lowest BCUT2D eigenvalue weighted by Gasteiger charge is -2.46. The first-order valence-electron chi connectivity index (χ1n) is 23.8. The van der Waals surface area contributed by atoms with Crippen molar-refractivity contribution in [1.29, 1.82) is 0 Å². The Bertz CT molecular complexity index is 1010. The third-order valence-electron chi connectivity index (χ3n) is 12.1. The highest BCUT2D eigenvalue weighted by Crippen LogP contribution is 2.30. The van der Waals surface area contributed by atoms with Crippen LogP contribution in [-0.4, -0.2) is 140 Å². The monoisotopic (exact) mass is 850 g/mol. The summed E-state index contributed by atoms with van der Waals surface area (Å²) in [5.41, 5.74) is 0. The van der Waals surface area contributed by atoms with Gasteiger partial charge in [0.15, 0.2) is 12.6 Å². The normalized spacial score (nSPS) is 28.4. The van der Waals surface area contributed by atoms with Crippen LogP contribution in [-0.2, 0) is 23.7 Å². The van der Waals surface area contributed by atoms with Gasteiger partial charge in [0.25, 0.3) is 0 Å². The number of aliphatic hydroxyl groups excluding tert-OH is 8. The molecule has 14 nitrogen and oxygen atoms in total. The molecule has 14 heteroatoms. The highest BCUT2D eigenvalue weighted by atomic mass is 16.7. The van der Waals surface area contributed by atoms with Crippen molar-refractivity contribution in [3.63, 3.8) is 0 Å². The Kier molecular flexibility index (Phi) is 30.8. The van der Waals surface area contributed by atoms with Crippen molar-refractivity contribution in [3.8, 4) is 0 Å². The van der Waals surface area contributed by atoms with Crippen molar-refractivity contribution >= 4 is 5.91 Å². The number of carbonyl (C=O) groups is 1. The van der Waals surface area contributed by atoms with Crippen molar-refractivity contribution < 1.29 is 64.6 Å². The van der Waals surface area contributed by atoms with Gasteiger partial charge in [-0.1, -0.05) is 168 Å². The average Bonchev–Trinajstić information content (AvgIpc) is 3.23. The molecule has 0 saturated carbocycles. The van der Waals surface area contributed by atoms with Gasteiger partial charge in [-0.3, -0.25) is 4.79 Å². The maximum Gasteiger partial charge on any atom is 0.220 e. The Labute approximate surface area is 355 Å². The molecule has 1 amide bonds. The van der Waals surface area contributed by atoms with Gasteiger partial charge in [0.1, 0.15) is 48.8 Å². The summed E-state index contributed by atoms with van der Waals surface area (Å²) < 4.78 is 22.5. The fourth-order valence-corrected chi connectivity index (χ4v) is 8.12. The zero-order valence-corrected chi connectivity index (χ0v) is 36.8. The second-order valence-electron chi connectivity index (χ2n) is 17.2. The summed E-state index contributed by atoms with van der Waals surface area (Å²) in [5, 5.41) is 85.9. The number of hydrogen-bond donors (Lipinski definition) is 9. The highest BCUT2D eigenvalue weighted by Gasteiger charge is 2.51. The summed E-state index contributed by atoms with van der Waals surface area (Å²) in [6, 6.07) is -0.817. The summed E-state index contributed by atoms with van der Waals surface area (Å²) in [7, 11) is 0. The van der Waals surface area contributed by atoms with Gasteiger partial charge in [-0.25, -0.2) is 0 Å². The molecule has 2 fully saturated rings. The van der Waals surface area contributed by atoms with Crippen LogP contribution in [0.2, 0.25) is 0 Å². The van der Waals surface area contributed by atoms with Crippen LogP contribution in [0.1, 0.15) is 187 Å². The number of carbonyl (C=O) groups excluding carboxylic acids is 1. The molecule has 0 radical (unpaired) electrons. The number of hydrogen-bond acceptors (Lipinski definition) is 13. The number of rotatable bonds is 36. The molecule has 350 valence electrons. The molecule has 0 aromatic heterocycles. The van der Waals surface area contributed by atoms with E-state index in [1.54, 1.807) is 0 Å². The first-order chi connectivity index (χ1) is 28.6. The van der Waals surface area contributed by atoms with Gasteiger partial charge in [-0.05, 0) is 12.8 Å². The SMILES string of the molecule is CCCCCCCCCCCCCCCCCCCCCCCCC(=O)NC(COC1OC(CO)C(OC2OC(CO)C(O)C(O)C2O)C(O)C1O)C(O)CCCCC. The molecular weight excluding hydrogens is 762 g/mol. The first kappa shape index (κ1) is 54.1. The molecule has 2 saturated heterocycles. The Morgan fingerprint density at radius 3 is 1.44 bits per heavy atom. The Hall–Kier alpha value is -1.01. The Morgan fingerprint density at radius 2 is 0.966 bits per heavy atom. The maximum absolute atomic E-state index is 13.0. The van der Waals surface area contributed by atoms with Crippen molar-refractivity contribution in [1.82, 2.24) is 5.32 Å². The third kappa shape index (κ3) is 21.8. The van der Waals surface area contributed by atoms with Crippen LogP contribution < -0.4 is 5.32 Å². The molecule has 0 spiro atoms. The van der Waals surface area contributed by atoms with Crippen LogP contribution in [0.4, 0.5) is 0 Å². The number of amides is 1. The highest BCUT2D eigenvalue weighted by molar-refractivity contribution is 5.76. The number of nitrogens with one attached hydrogen (secondary N) is 1. The molecule has 12 atom stereocenters. The lowest BCUT2D eigenvalue weighted by Crippen LogP contribution is -2.65. The second-order valence-corrected chi connectivity index (χ2v) is 17.2. The minimum atomic E-state index is -1.78. The number of ether oxygens (including phenoxy) is 4. The Morgan fingerprint density at radius 1 is 0.542 bits per heavy atom. The van der Waals surface area contributed by atoms with Crippen molar-refractivity contribution in [3.05, 3.63) is 0 Å². The molecule has 59 heavy (non-hydrogen) atoms. The van der Waals surface area contributed by atoms with Gasteiger partial charge in [0.05, 0.1) is 32.0 Å². The topological polar surface area (TPSA) is 228 Å². The molecular formula is C45H87NO13. The lowest BCUT2D eigenvalue weighted by molar-refractivity contribution is -0.359. The number of unbranched alkanes of at least 4 members (excludes halogenated alkanes) is 23. The van der Waals surface area contributed by atoms with Crippen LogP contribution in [0.15, 0.2) is 0 Å². The minimum absolute atomic E-state index is 0.215. The molecule has 2 heterocycles. The molecule has 0 aromatic carbocycles. The van der Waals surface area contributed by atoms with E-state index in [0.717, 1.165) is 44.9 Å². The van der Waals surface area contributed by atoms with Crippen molar-refractivity contribution in [2.75, 3.05) is 19.8 Å². The van der Waals surface area contributed by atoms with Gasteiger partial charge in [-0.15, -0.1) is 0 Å². The minimum Gasteiger partial charge on any atom is -0.394 e. The predicted octanol–water partition coefficient (Wildman–Crippen LogP) is 5.05. The lowest BCUT2D eigenvalue weighted by atomic mass is 9.97. The van der Waals surface area contributed by atoms with Crippen LogP contribution in [0.3, 0.4) is 0 Å². The summed E-state index contributed by atoms with van der Waals surface area (Å²) in [4.78, 5) is 13.0. The average molecular weight is 850 g/mol. The van der Waals surface area contributed by atoms with E-state index in [-0.39, 0.29) is 12.5 Å². The molecule has 2 aliphatic heterocycles. The van der Waals surface area contributed by atoms with E-state index in [0.29, 0.717) is 12.8 Å². The van der Waals surface area contributed by atoms with Crippen LogP contribution in [0, 0.1) is 0 Å². The quantitative estimate of drug-likeness (QED) is 0.0377. The zero-order valence-electron chi connectivity index (χ0n) is 36.8. The van der Waals surface area contributed by atoms with E-state index in [1.807, 2.05) is 0 Å². The van der Waals surface area contributed by atoms with Gasteiger partial charge in [0, 0.05) is 6.42 Å². The summed E-state index contributed by atoms with van der Waals surface area (Å²) in [6.45, 7) is 2.68. The van der Waals surface area contributed by atoms with Crippen LogP contribution in [0.5, 0.6) is 0 Å². The fourth-order valence-electron chi connectivity index (χ4n) is 8.12. The van der Waals surface area contributed by atoms with E-state index in [9.17, 15) is 45.6 Å². The fraction of sp³-hybridized carbons (Fsp3) is 0.978. The van der Waals surface area contributed by atoms with Crippen LogP contribution in [0.25, 0.3) is 0 Å². The van der Waals surface area contributed by atoms with Crippen molar-refractivity contribution in [2.45, 2.75) is 261 Å². The van der Waals surface area contributed by atoms with Gasteiger partial charge >= 0.3 is 0 Å². The molecule has 9 N–H and O–H groups in total. The van der Waals surface area contributed by atoms with E-state index < -0.39 is 86.8 Å². The van der Waals surface area contributed by atoms with Gasteiger partial charge in [-0.2, -0.15) is 0 Å². The zero-order chi connectivity index (χ0) is 43.3.